The first-order valence-electron chi connectivity index (χ1n) is 9.70. The maximum absolute atomic E-state index is 12.9. The van der Waals surface area contributed by atoms with Gasteiger partial charge < -0.3 is 15.5 Å². The number of imide groups is 1. The Hall–Kier alpha value is -3.53. The smallest absolute Gasteiger partial charge is 0.255 e. The number of amides is 3. The summed E-state index contributed by atoms with van der Waals surface area (Å²) in [6.45, 7) is 1.18. The standard InChI is InChI=1S/C20H22N6O4/c1-21-9-13-7-17(28)25-20(23-13)22-8-11-2-3-12-10-26(19(30)14(12)6-11)15-4-5-16(27)24-18(15)29/h2-3,6-7,15,21H,4-5,8-10H2,1H3,(H,24,27,29)(H2,22,23,25,28). The summed E-state index contributed by atoms with van der Waals surface area (Å²) >= 11 is 0. The molecule has 1 saturated heterocycles. The summed E-state index contributed by atoms with van der Waals surface area (Å²) in [7, 11) is 1.77. The summed E-state index contributed by atoms with van der Waals surface area (Å²) < 4.78 is 0. The molecule has 3 amide bonds. The highest BCUT2D eigenvalue weighted by molar-refractivity contribution is 6.05. The number of carbonyl (C=O) groups excluding carboxylic acids is 3. The molecule has 1 unspecified atom stereocenters. The van der Waals surface area contributed by atoms with Gasteiger partial charge in [-0.1, -0.05) is 12.1 Å². The average molecular weight is 410 g/mol. The number of nitrogens with one attached hydrogen (secondary N) is 4. The van der Waals surface area contributed by atoms with Gasteiger partial charge in [0, 0.05) is 37.7 Å². The fraction of sp³-hybridized carbons (Fsp3) is 0.350. The highest BCUT2D eigenvalue weighted by Crippen LogP contribution is 2.28. The van der Waals surface area contributed by atoms with Gasteiger partial charge in [0.15, 0.2) is 0 Å². The van der Waals surface area contributed by atoms with Gasteiger partial charge in [0.25, 0.3) is 11.5 Å². The molecule has 2 aliphatic heterocycles. The third-order valence-corrected chi connectivity index (χ3v) is 5.21. The van der Waals surface area contributed by atoms with Crippen molar-refractivity contribution in [1.82, 2.24) is 25.5 Å². The Kier molecular flexibility index (Phi) is 5.32. The number of benzene rings is 1. The minimum absolute atomic E-state index is 0.219. The first-order chi connectivity index (χ1) is 14.4. The Morgan fingerprint density at radius 1 is 1.17 bits per heavy atom. The SMILES string of the molecule is CNCc1cc(=O)[nH]c(NCc2ccc3c(c2)C(=O)N(C2CCC(=O)NC2=O)C3)n1. The van der Waals surface area contributed by atoms with Crippen molar-refractivity contribution in [2.24, 2.45) is 0 Å². The van der Waals surface area contributed by atoms with E-state index in [2.05, 4.69) is 25.9 Å². The normalized spacial score (nSPS) is 18.4. The number of rotatable bonds is 6. The number of hydrogen-bond acceptors (Lipinski definition) is 7. The van der Waals surface area contributed by atoms with Crippen LogP contribution in [0.3, 0.4) is 0 Å². The number of nitrogens with zero attached hydrogens (tertiary/aromatic N) is 2. The quantitative estimate of drug-likeness (QED) is 0.487. The lowest BCUT2D eigenvalue weighted by molar-refractivity contribution is -0.136. The van der Waals surface area contributed by atoms with Crippen molar-refractivity contribution in [3.63, 3.8) is 0 Å². The first-order valence-corrected chi connectivity index (χ1v) is 9.70. The van der Waals surface area contributed by atoms with Gasteiger partial charge in [-0.2, -0.15) is 0 Å². The van der Waals surface area contributed by atoms with E-state index in [0.29, 0.717) is 43.3 Å². The summed E-state index contributed by atoms with van der Waals surface area (Å²) in [6.07, 6.45) is 0.560. The highest BCUT2D eigenvalue weighted by atomic mass is 16.2. The topological polar surface area (TPSA) is 136 Å². The molecule has 0 saturated carbocycles. The monoisotopic (exact) mass is 410 g/mol. The molecule has 1 atom stereocenters. The van der Waals surface area contributed by atoms with Crippen molar-refractivity contribution in [2.75, 3.05) is 12.4 Å². The predicted molar refractivity (Wildman–Crippen MR) is 107 cm³/mol. The van der Waals surface area contributed by atoms with Crippen LogP contribution >= 0.6 is 0 Å². The number of hydrogen-bond donors (Lipinski definition) is 4. The molecule has 0 bridgehead atoms. The Morgan fingerprint density at radius 3 is 2.77 bits per heavy atom. The predicted octanol–water partition coefficient (Wildman–Crippen LogP) is -0.138. The van der Waals surface area contributed by atoms with E-state index >= 15 is 0 Å². The number of fused-ring (bicyclic) bond motifs is 1. The van der Waals surface area contributed by atoms with Gasteiger partial charge in [-0.25, -0.2) is 4.98 Å². The third-order valence-electron chi connectivity index (χ3n) is 5.21. The summed E-state index contributed by atoms with van der Waals surface area (Å²) in [4.78, 5) is 56.7. The molecule has 0 spiro atoms. The fourth-order valence-corrected chi connectivity index (χ4v) is 3.76. The van der Waals surface area contributed by atoms with Crippen molar-refractivity contribution in [3.8, 4) is 0 Å². The van der Waals surface area contributed by atoms with Crippen molar-refractivity contribution >= 4 is 23.7 Å². The zero-order valence-electron chi connectivity index (χ0n) is 16.4. The average Bonchev–Trinajstić information content (AvgIpc) is 3.02. The van der Waals surface area contributed by atoms with Crippen LogP contribution in [0.4, 0.5) is 5.95 Å². The van der Waals surface area contributed by atoms with Gasteiger partial charge in [-0.05, 0) is 30.7 Å². The van der Waals surface area contributed by atoms with E-state index in [0.717, 1.165) is 11.1 Å². The van der Waals surface area contributed by atoms with Crippen molar-refractivity contribution in [3.05, 3.63) is 57.0 Å². The minimum atomic E-state index is -0.631. The van der Waals surface area contributed by atoms with E-state index in [4.69, 9.17) is 0 Å². The molecule has 0 aliphatic carbocycles. The minimum Gasteiger partial charge on any atom is -0.352 e. The largest absolute Gasteiger partial charge is 0.352 e. The van der Waals surface area contributed by atoms with Crippen LogP contribution in [0.5, 0.6) is 0 Å². The molecule has 1 aromatic heterocycles. The lowest BCUT2D eigenvalue weighted by Crippen LogP contribution is -2.52. The Morgan fingerprint density at radius 2 is 2.00 bits per heavy atom. The van der Waals surface area contributed by atoms with Crippen LogP contribution in [0, 0.1) is 0 Å². The molecule has 3 heterocycles. The molecule has 30 heavy (non-hydrogen) atoms. The molecule has 10 heteroatoms. The maximum atomic E-state index is 12.9. The van der Waals surface area contributed by atoms with Crippen LogP contribution in [-0.2, 0) is 29.2 Å². The molecule has 1 fully saturated rings. The number of anilines is 1. The van der Waals surface area contributed by atoms with E-state index in [-0.39, 0.29) is 23.8 Å². The van der Waals surface area contributed by atoms with E-state index in [1.165, 1.54) is 11.0 Å². The second-order valence-electron chi connectivity index (χ2n) is 7.36. The molecule has 156 valence electrons. The van der Waals surface area contributed by atoms with Crippen LogP contribution < -0.4 is 21.5 Å². The summed E-state index contributed by atoms with van der Waals surface area (Å²) in [5, 5.41) is 8.32. The maximum Gasteiger partial charge on any atom is 0.255 e. The first kappa shape index (κ1) is 19.8. The van der Waals surface area contributed by atoms with Crippen molar-refractivity contribution in [2.45, 2.75) is 38.5 Å². The molecular formula is C20H22N6O4. The van der Waals surface area contributed by atoms with Crippen molar-refractivity contribution in [1.29, 1.82) is 0 Å². The van der Waals surface area contributed by atoms with Gasteiger partial charge in [-0.3, -0.25) is 29.5 Å². The molecule has 2 aromatic rings. The molecule has 10 nitrogen and oxygen atoms in total. The number of piperidine rings is 1. The number of carbonyl (C=O) groups is 3. The van der Waals surface area contributed by atoms with Crippen LogP contribution in [-0.4, -0.2) is 45.7 Å². The molecular weight excluding hydrogens is 388 g/mol. The van der Waals surface area contributed by atoms with E-state index in [1.54, 1.807) is 13.1 Å². The van der Waals surface area contributed by atoms with Crippen LogP contribution in [0.25, 0.3) is 0 Å². The molecule has 2 aliphatic rings. The van der Waals surface area contributed by atoms with E-state index < -0.39 is 11.9 Å². The van der Waals surface area contributed by atoms with Gasteiger partial charge in [0.05, 0.1) is 5.69 Å². The number of aromatic amines is 1. The second kappa shape index (κ2) is 8.07. The highest BCUT2D eigenvalue weighted by Gasteiger charge is 2.39. The zero-order chi connectivity index (χ0) is 21.3. The lowest BCUT2D eigenvalue weighted by Gasteiger charge is -2.29. The summed E-state index contributed by atoms with van der Waals surface area (Å²) in [5.41, 5.74) is 2.60. The lowest BCUT2D eigenvalue weighted by atomic mass is 10.0. The Labute approximate surface area is 172 Å². The van der Waals surface area contributed by atoms with Gasteiger partial charge in [0.1, 0.15) is 6.04 Å². The number of H-pyrrole nitrogens is 1. The van der Waals surface area contributed by atoms with Gasteiger partial charge in [0.2, 0.25) is 17.8 Å². The third kappa shape index (κ3) is 3.94. The van der Waals surface area contributed by atoms with E-state index in [1.807, 2.05) is 12.1 Å². The number of aromatic nitrogens is 2. The molecule has 1 aromatic carbocycles. The second-order valence-corrected chi connectivity index (χ2v) is 7.36. The van der Waals surface area contributed by atoms with Gasteiger partial charge >= 0.3 is 0 Å². The zero-order valence-corrected chi connectivity index (χ0v) is 16.4. The molecule has 0 radical (unpaired) electrons. The van der Waals surface area contributed by atoms with Crippen LogP contribution in [0.15, 0.2) is 29.1 Å². The Balaban J connectivity index is 1.47. The van der Waals surface area contributed by atoms with Crippen LogP contribution in [0.2, 0.25) is 0 Å². The van der Waals surface area contributed by atoms with Gasteiger partial charge in [-0.15, -0.1) is 0 Å². The Bertz CT molecular complexity index is 1080. The van der Waals surface area contributed by atoms with Crippen LogP contribution in [0.1, 0.15) is 40.0 Å². The molecule has 4 rings (SSSR count). The summed E-state index contributed by atoms with van der Waals surface area (Å²) in [5.74, 6) is -0.598. The fourth-order valence-electron chi connectivity index (χ4n) is 3.76. The summed E-state index contributed by atoms with van der Waals surface area (Å²) in [6, 6.07) is 6.34. The van der Waals surface area contributed by atoms with Crippen molar-refractivity contribution < 1.29 is 14.4 Å². The molecule has 4 N–H and O–H groups in total. The van der Waals surface area contributed by atoms with E-state index in [9.17, 15) is 19.2 Å².